The van der Waals surface area contributed by atoms with Crippen LogP contribution in [0.25, 0.3) is 11.1 Å². The number of hydrogen-bond donors (Lipinski definition) is 1. The molecule has 2 aliphatic rings. The van der Waals surface area contributed by atoms with Crippen LogP contribution in [-0.4, -0.2) is 28.0 Å². The quantitative estimate of drug-likeness (QED) is 0.884. The normalized spacial score (nSPS) is 18.9. The van der Waals surface area contributed by atoms with E-state index in [-0.39, 0.29) is 0 Å². The number of amides is 1. The Labute approximate surface area is 135 Å². The maximum absolute atomic E-state index is 11.1. The number of pyridine rings is 2. The van der Waals surface area contributed by atoms with Crippen molar-refractivity contribution in [2.24, 2.45) is 0 Å². The highest BCUT2D eigenvalue weighted by molar-refractivity contribution is 5.77. The zero-order valence-corrected chi connectivity index (χ0v) is 12.9. The molecule has 4 rings (SSSR count). The van der Waals surface area contributed by atoms with E-state index >= 15 is 0 Å². The van der Waals surface area contributed by atoms with Crippen LogP contribution < -0.4 is 4.90 Å². The van der Waals surface area contributed by atoms with E-state index in [1.807, 2.05) is 6.07 Å². The van der Waals surface area contributed by atoms with Crippen molar-refractivity contribution in [3.8, 4) is 11.1 Å². The third kappa shape index (κ3) is 2.41. The van der Waals surface area contributed by atoms with Crippen LogP contribution in [0.15, 0.2) is 30.7 Å². The number of anilines is 1. The smallest absolute Gasteiger partial charge is 0.215 e. The van der Waals surface area contributed by atoms with Crippen molar-refractivity contribution in [1.82, 2.24) is 9.97 Å². The number of aliphatic hydroxyl groups is 1. The van der Waals surface area contributed by atoms with Gasteiger partial charge in [-0.15, -0.1) is 0 Å². The van der Waals surface area contributed by atoms with E-state index in [1.54, 1.807) is 23.5 Å². The number of rotatable bonds is 3. The van der Waals surface area contributed by atoms with Gasteiger partial charge in [-0.2, -0.15) is 0 Å². The highest BCUT2D eigenvalue weighted by Gasteiger charge is 2.36. The van der Waals surface area contributed by atoms with Gasteiger partial charge >= 0.3 is 0 Å². The number of carbonyl (C=O) groups excluding carboxylic acids is 1. The Bertz CT molecular complexity index is 756. The molecule has 2 aromatic heterocycles. The Morgan fingerprint density at radius 2 is 1.96 bits per heavy atom. The third-order valence-electron chi connectivity index (χ3n) is 4.98. The van der Waals surface area contributed by atoms with Crippen molar-refractivity contribution in [2.45, 2.75) is 37.7 Å². The summed E-state index contributed by atoms with van der Waals surface area (Å²) in [5.41, 5.74) is 3.20. The second-order valence-electron chi connectivity index (χ2n) is 6.46. The minimum atomic E-state index is -0.709. The summed E-state index contributed by atoms with van der Waals surface area (Å²) in [6.07, 6.45) is 10.7. The monoisotopic (exact) mass is 309 g/mol. The van der Waals surface area contributed by atoms with Gasteiger partial charge < -0.3 is 5.11 Å². The van der Waals surface area contributed by atoms with Gasteiger partial charge in [0.05, 0.1) is 5.60 Å². The van der Waals surface area contributed by atoms with Crippen LogP contribution in [0.3, 0.4) is 0 Å². The zero-order chi connectivity index (χ0) is 15.9. The average molecular weight is 309 g/mol. The van der Waals surface area contributed by atoms with E-state index in [2.05, 4.69) is 16.0 Å². The zero-order valence-electron chi connectivity index (χ0n) is 12.9. The Balaban J connectivity index is 1.71. The Hall–Kier alpha value is -2.27. The molecule has 1 aliphatic carbocycles. The summed E-state index contributed by atoms with van der Waals surface area (Å²) in [4.78, 5) is 21.6. The number of fused-ring (bicyclic) bond motifs is 1. The summed E-state index contributed by atoms with van der Waals surface area (Å²) < 4.78 is 0. The predicted molar refractivity (Wildman–Crippen MR) is 86.9 cm³/mol. The molecule has 0 unspecified atom stereocenters. The molecule has 5 heteroatoms. The molecule has 1 amide bonds. The van der Waals surface area contributed by atoms with Crippen LogP contribution in [0, 0.1) is 0 Å². The van der Waals surface area contributed by atoms with Gasteiger partial charge in [0.1, 0.15) is 5.82 Å². The highest BCUT2D eigenvalue weighted by Crippen LogP contribution is 2.41. The molecule has 0 bridgehead atoms. The van der Waals surface area contributed by atoms with Crippen molar-refractivity contribution < 1.29 is 9.90 Å². The summed E-state index contributed by atoms with van der Waals surface area (Å²) in [5.74, 6) is 0.761. The lowest BCUT2D eigenvalue weighted by Crippen LogP contribution is -2.33. The van der Waals surface area contributed by atoms with Crippen LogP contribution in [0.1, 0.15) is 36.8 Å². The number of aromatic nitrogens is 2. The molecule has 3 heterocycles. The molecule has 1 aliphatic heterocycles. The van der Waals surface area contributed by atoms with E-state index in [1.165, 1.54) is 0 Å². The van der Waals surface area contributed by atoms with E-state index in [0.29, 0.717) is 0 Å². The van der Waals surface area contributed by atoms with E-state index in [9.17, 15) is 9.90 Å². The first-order valence-electron chi connectivity index (χ1n) is 8.09. The Morgan fingerprint density at radius 3 is 2.70 bits per heavy atom. The molecular formula is C18H19N3O2. The number of hydrogen-bond acceptors (Lipinski definition) is 4. The first kappa shape index (κ1) is 14.3. The van der Waals surface area contributed by atoms with Crippen LogP contribution >= 0.6 is 0 Å². The fraction of sp³-hybridized carbons (Fsp3) is 0.389. The molecule has 5 nitrogen and oxygen atoms in total. The predicted octanol–water partition coefficient (Wildman–Crippen LogP) is 2.42. The molecule has 0 aromatic carbocycles. The Morgan fingerprint density at radius 1 is 1.13 bits per heavy atom. The Kier molecular flexibility index (Phi) is 3.38. The second-order valence-corrected chi connectivity index (χ2v) is 6.46. The third-order valence-corrected chi connectivity index (χ3v) is 4.98. The first-order chi connectivity index (χ1) is 11.2. The van der Waals surface area contributed by atoms with Gasteiger partial charge in [0.15, 0.2) is 0 Å². The summed E-state index contributed by atoms with van der Waals surface area (Å²) in [6.45, 7) is 0.729. The SMILES string of the molecule is O=CN1CCCc2cc(-c3cncc(C4(O)CCC4)c3)cnc21. The van der Waals surface area contributed by atoms with E-state index < -0.39 is 5.60 Å². The van der Waals surface area contributed by atoms with Crippen molar-refractivity contribution >= 4 is 12.2 Å². The van der Waals surface area contributed by atoms with Crippen LogP contribution in [0.4, 0.5) is 5.82 Å². The fourth-order valence-corrected chi connectivity index (χ4v) is 3.40. The standard InChI is InChI=1S/C18H19N3O2/c22-12-21-6-1-3-13-7-14(10-20-17(13)21)15-8-16(11-19-9-15)18(23)4-2-5-18/h7-12,23H,1-6H2. The van der Waals surface area contributed by atoms with Gasteiger partial charge in [0, 0.05) is 41.8 Å². The molecule has 0 atom stereocenters. The second kappa shape index (κ2) is 5.42. The molecular weight excluding hydrogens is 290 g/mol. The lowest BCUT2D eigenvalue weighted by atomic mass is 9.75. The largest absolute Gasteiger partial charge is 0.385 e. The lowest BCUT2D eigenvalue weighted by molar-refractivity contribution is -0.107. The van der Waals surface area contributed by atoms with Gasteiger partial charge in [-0.25, -0.2) is 4.98 Å². The number of aryl methyl sites for hydroxylation is 1. The number of nitrogens with zero attached hydrogens (tertiary/aromatic N) is 3. The van der Waals surface area contributed by atoms with Crippen molar-refractivity contribution in [2.75, 3.05) is 11.4 Å². The highest BCUT2D eigenvalue weighted by atomic mass is 16.3. The van der Waals surface area contributed by atoms with Gasteiger partial charge in [-0.1, -0.05) is 0 Å². The maximum atomic E-state index is 11.1. The molecule has 0 spiro atoms. The minimum Gasteiger partial charge on any atom is -0.385 e. The van der Waals surface area contributed by atoms with Gasteiger partial charge in [-0.3, -0.25) is 14.7 Å². The molecule has 2 aromatic rings. The number of carbonyl (C=O) groups is 1. The summed E-state index contributed by atoms with van der Waals surface area (Å²) >= 11 is 0. The van der Waals surface area contributed by atoms with Gasteiger partial charge in [0.25, 0.3) is 0 Å². The average Bonchev–Trinajstić information content (AvgIpc) is 2.58. The van der Waals surface area contributed by atoms with Crippen molar-refractivity contribution in [3.63, 3.8) is 0 Å². The van der Waals surface area contributed by atoms with Crippen LogP contribution in [0.5, 0.6) is 0 Å². The topological polar surface area (TPSA) is 66.3 Å². The first-order valence-corrected chi connectivity index (χ1v) is 8.09. The molecule has 1 fully saturated rings. The van der Waals surface area contributed by atoms with Crippen molar-refractivity contribution in [3.05, 3.63) is 41.9 Å². The molecule has 1 N–H and O–H groups in total. The van der Waals surface area contributed by atoms with Gasteiger partial charge in [0.2, 0.25) is 6.41 Å². The van der Waals surface area contributed by atoms with Gasteiger partial charge in [-0.05, 0) is 49.8 Å². The lowest BCUT2D eigenvalue weighted by Gasteiger charge is -2.36. The maximum Gasteiger partial charge on any atom is 0.215 e. The molecule has 0 saturated heterocycles. The van der Waals surface area contributed by atoms with E-state index in [4.69, 9.17) is 0 Å². The summed E-state index contributed by atoms with van der Waals surface area (Å²) in [7, 11) is 0. The fourth-order valence-electron chi connectivity index (χ4n) is 3.40. The summed E-state index contributed by atoms with van der Waals surface area (Å²) in [5, 5.41) is 10.5. The minimum absolute atomic E-state index is 0.709. The van der Waals surface area contributed by atoms with E-state index in [0.717, 1.165) is 73.1 Å². The molecule has 23 heavy (non-hydrogen) atoms. The molecule has 118 valence electrons. The summed E-state index contributed by atoms with van der Waals surface area (Å²) in [6, 6.07) is 4.10. The van der Waals surface area contributed by atoms with Crippen molar-refractivity contribution in [1.29, 1.82) is 0 Å². The molecule has 1 saturated carbocycles. The van der Waals surface area contributed by atoms with Crippen LogP contribution in [0.2, 0.25) is 0 Å². The van der Waals surface area contributed by atoms with Crippen LogP contribution in [-0.2, 0) is 16.8 Å². The molecule has 0 radical (unpaired) electrons.